The van der Waals surface area contributed by atoms with Crippen molar-refractivity contribution < 1.29 is 19.4 Å². The molecule has 2 bridgehead atoms. The van der Waals surface area contributed by atoms with Crippen LogP contribution in [0.25, 0.3) is 0 Å². The van der Waals surface area contributed by atoms with Crippen LogP contribution in [-0.4, -0.2) is 68.9 Å². The molecule has 6 atom stereocenters. The van der Waals surface area contributed by atoms with Gasteiger partial charge in [-0.2, -0.15) is 0 Å². The Morgan fingerprint density at radius 3 is 2.48 bits per heavy atom. The fraction of sp³-hybridized carbons (Fsp3) is 0.905. The van der Waals surface area contributed by atoms with Crippen LogP contribution in [0.2, 0.25) is 0 Å². The smallest absolute Gasteiger partial charge is 0.246 e. The molecule has 1 saturated heterocycles. The molecule has 0 aromatic heterocycles. The topological polar surface area (TPSA) is 99.7 Å². The molecule has 1 heterocycles. The summed E-state index contributed by atoms with van der Waals surface area (Å²) in [6.07, 6.45) is 5.56. The van der Waals surface area contributed by atoms with Gasteiger partial charge >= 0.3 is 0 Å². The third kappa shape index (κ3) is 5.30. The van der Waals surface area contributed by atoms with Crippen molar-refractivity contribution in [2.24, 2.45) is 0 Å². The molecular weight excluding hydrogens is 461 g/mol. The standard InChI is InChI=1S/C21H33Cl2N3O4S/c1-12-8-16(31-26-12)19(29)25-20-4-6-21(7-5-20,17(27)10-20)24-18(28)11-30-13-2-3-14(22)15(23)9-13/h12-17,26-27H,2-11H2,1H3,(H,24,28)(H,25,29)/t12?,13?,14?,15?,16?,17-,20?,21?/m0/s1. The summed E-state index contributed by atoms with van der Waals surface area (Å²) in [5.41, 5.74) is -1.00. The van der Waals surface area contributed by atoms with E-state index in [-0.39, 0.29) is 46.1 Å². The lowest BCUT2D eigenvalue weighted by molar-refractivity contribution is -0.139. The van der Waals surface area contributed by atoms with Crippen LogP contribution < -0.4 is 15.4 Å². The number of carbonyl (C=O) groups excluding carboxylic acids is 2. The first-order valence-electron chi connectivity index (χ1n) is 11.3. The Morgan fingerprint density at radius 1 is 1.13 bits per heavy atom. The molecule has 0 radical (unpaired) electrons. The van der Waals surface area contributed by atoms with E-state index in [0.717, 1.165) is 32.1 Å². The predicted molar refractivity (Wildman–Crippen MR) is 122 cm³/mol. The van der Waals surface area contributed by atoms with Crippen molar-refractivity contribution in [1.29, 1.82) is 0 Å². The lowest BCUT2D eigenvalue weighted by Gasteiger charge is -2.56. The maximum Gasteiger partial charge on any atom is 0.246 e. The number of carbonyl (C=O) groups is 2. The second-order valence-electron chi connectivity index (χ2n) is 9.83. The minimum atomic E-state index is -0.688. The Hall–Kier alpha value is -0.250. The maximum absolute atomic E-state index is 12.7. The number of aliphatic hydroxyl groups is 1. The molecule has 10 heteroatoms. The zero-order valence-electron chi connectivity index (χ0n) is 17.9. The van der Waals surface area contributed by atoms with Gasteiger partial charge in [0, 0.05) is 11.6 Å². The van der Waals surface area contributed by atoms with Crippen LogP contribution >= 0.6 is 35.1 Å². The third-order valence-corrected chi connectivity index (χ3v) is 9.83. The Kier molecular flexibility index (Phi) is 7.36. The van der Waals surface area contributed by atoms with E-state index in [4.69, 9.17) is 27.9 Å². The molecule has 4 aliphatic carbocycles. The summed E-state index contributed by atoms with van der Waals surface area (Å²) in [6, 6.07) is 0.326. The van der Waals surface area contributed by atoms with Gasteiger partial charge in [0.1, 0.15) is 6.61 Å². The van der Waals surface area contributed by atoms with E-state index in [1.807, 2.05) is 0 Å². The second kappa shape index (κ2) is 9.55. The molecule has 7 nitrogen and oxygen atoms in total. The minimum absolute atomic E-state index is 0.0400. The van der Waals surface area contributed by atoms with Crippen LogP contribution in [0.15, 0.2) is 0 Å². The van der Waals surface area contributed by atoms with E-state index in [2.05, 4.69) is 22.3 Å². The van der Waals surface area contributed by atoms with Crippen molar-refractivity contribution in [3.8, 4) is 0 Å². The Balaban J connectivity index is 1.26. The van der Waals surface area contributed by atoms with E-state index >= 15 is 0 Å². The summed E-state index contributed by atoms with van der Waals surface area (Å²) in [5, 5.41) is 16.9. The van der Waals surface area contributed by atoms with Crippen molar-refractivity contribution in [2.75, 3.05) is 6.61 Å². The van der Waals surface area contributed by atoms with Gasteiger partial charge in [0.05, 0.1) is 33.8 Å². The van der Waals surface area contributed by atoms with Crippen molar-refractivity contribution in [2.45, 2.75) is 110 Å². The number of nitrogens with one attached hydrogen (secondary N) is 3. The monoisotopic (exact) mass is 493 g/mol. The van der Waals surface area contributed by atoms with E-state index in [0.29, 0.717) is 31.7 Å². The molecule has 2 amide bonds. The highest BCUT2D eigenvalue weighted by Gasteiger charge is 2.55. The number of hydrogen-bond acceptors (Lipinski definition) is 6. The van der Waals surface area contributed by atoms with Gasteiger partial charge in [-0.15, -0.1) is 23.2 Å². The molecule has 5 rings (SSSR count). The van der Waals surface area contributed by atoms with E-state index in [1.54, 1.807) is 0 Å². The SMILES string of the molecule is CC1CC(C(=O)NC23CCC(NC(=O)COC4CCC(Cl)C(Cl)C4)(CC2)[C@@H](O)C3)SN1. The zero-order valence-corrected chi connectivity index (χ0v) is 20.2. The molecule has 4 N–H and O–H groups in total. The largest absolute Gasteiger partial charge is 0.391 e. The van der Waals surface area contributed by atoms with Crippen molar-refractivity contribution >= 4 is 47.0 Å². The Bertz CT molecular complexity index is 692. The van der Waals surface area contributed by atoms with Gasteiger partial charge in [-0.1, -0.05) is 11.9 Å². The lowest BCUT2D eigenvalue weighted by atomic mass is 9.60. The average molecular weight is 494 g/mol. The number of ether oxygens (including phenoxy) is 1. The van der Waals surface area contributed by atoms with Gasteiger partial charge in [-0.25, -0.2) is 0 Å². The quantitative estimate of drug-likeness (QED) is 0.334. The van der Waals surface area contributed by atoms with Crippen molar-refractivity contribution in [3.63, 3.8) is 0 Å². The van der Waals surface area contributed by atoms with Gasteiger partial charge in [-0.05, 0) is 64.7 Å². The molecular formula is C21H33Cl2N3O4S. The molecule has 5 aliphatic rings. The predicted octanol–water partition coefficient (Wildman–Crippen LogP) is 2.22. The van der Waals surface area contributed by atoms with Crippen LogP contribution in [0, 0.1) is 0 Å². The second-order valence-corrected chi connectivity index (χ2v) is 12.0. The van der Waals surface area contributed by atoms with Crippen LogP contribution in [0.1, 0.15) is 64.7 Å². The zero-order chi connectivity index (χ0) is 22.2. The summed E-state index contributed by atoms with van der Waals surface area (Å²) >= 11 is 13.8. The highest BCUT2D eigenvalue weighted by molar-refractivity contribution is 7.99. The molecule has 0 spiro atoms. The summed E-state index contributed by atoms with van der Waals surface area (Å²) in [4.78, 5) is 25.3. The van der Waals surface area contributed by atoms with Crippen LogP contribution in [0.4, 0.5) is 0 Å². The normalized spacial score (nSPS) is 44.8. The number of rotatable bonds is 6. The number of halogens is 2. The summed E-state index contributed by atoms with van der Waals surface area (Å²) in [6.45, 7) is 2.03. The minimum Gasteiger partial charge on any atom is -0.391 e. The lowest BCUT2D eigenvalue weighted by Crippen LogP contribution is -2.70. The highest BCUT2D eigenvalue weighted by atomic mass is 35.5. The molecule has 176 valence electrons. The van der Waals surface area contributed by atoms with Crippen LogP contribution in [-0.2, 0) is 14.3 Å². The molecule has 5 unspecified atom stereocenters. The van der Waals surface area contributed by atoms with E-state index in [9.17, 15) is 14.7 Å². The summed E-state index contributed by atoms with van der Waals surface area (Å²) < 4.78 is 9.02. The van der Waals surface area contributed by atoms with Gasteiger partial charge < -0.3 is 20.5 Å². The molecule has 4 saturated carbocycles. The summed E-state index contributed by atoms with van der Waals surface area (Å²) in [5.74, 6) is -0.163. The fourth-order valence-corrected chi connectivity index (χ4v) is 7.08. The average Bonchev–Trinajstić information content (AvgIpc) is 3.17. The molecule has 0 aromatic rings. The van der Waals surface area contributed by atoms with Gasteiger partial charge in [0.15, 0.2) is 0 Å². The first-order valence-corrected chi connectivity index (χ1v) is 13.1. The Labute approximate surface area is 198 Å². The molecule has 1 aliphatic heterocycles. The Morgan fingerprint density at radius 2 is 1.87 bits per heavy atom. The van der Waals surface area contributed by atoms with Crippen molar-refractivity contribution in [1.82, 2.24) is 15.4 Å². The van der Waals surface area contributed by atoms with Crippen LogP contribution in [0.5, 0.6) is 0 Å². The molecule has 0 aromatic carbocycles. The van der Waals surface area contributed by atoms with Crippen LogP contribution in [0.3, 0.4) is 0 Å². The third-order valence-electron chi connectivity index (χ3n) is 7.46. The van der Waals surface area contributed by atoms with E-state index < -0.39 is 11.6 Å². The van der Waals surface area contributed by atoms with Gasteiger partial charge in [0.2, 0.25) is 11.8 Å². The maximum atomic E-state index is 12.7. The number of fused-ring (bicyclic) bond motifs is 3. The first kappa shape index (κ1) is 23.9. The molecule has 31 heavy (non-hydrogen) atoms. The summed E-state index contributed by atoms with van der Waals surface area (Å²) in [7, 11) is 0. The number of amides is 2. The fourth-order valence-electron chi connectivity index (χ4n) is 5.48. The van der Waals surface area contributed by atoms with Gasteiger partial charge in [-0.3, -0.25) is 14.3 Å². The first-order chi connectivity index (χ1) is 14.7. The number of hydrogen-bond donors (Lipinski definition) is 4. The van der Waals surface area contributed by atoms with E-state index in [1.165, 1.54) is 11.9 Å². The molecule has 5 fully saturated rings. The highest BCUT2D eigenvalue weighted by Crippen LogP contribution is 2.47. The van der Waals surface area contributed by atoms with Gasteiger partial charge in [0.25, 0.3) is 0 Å². The number of alkyl halides is 2. The number of aliphatic hydroxyl groups excluding tert-OH is 1. The van der Waals surface area contributed by atoms with Crippen molar-refractivity contribution in [3.05, 3.63) is 0 Å².